The lowest BCUT2D eigenvalue weighted by Gasteiger charge is -2.17. The van der Waals surface area contributed by atoms with Gasteiger partial charge in [0.25, 0.3) is 0 Å². The number of rotatable bonds is 3. The molecule has 0 radical (unpaired) electrons. The molecule has 0 aliphatic carbocycles. The Balaban J connectivity index is 2.27. The first-order valence-corrected chi connectivity index (χ1v) is 6.52. The predicted molar refractivity (Wildman–Crippen MR) is 69.1 cm³/mol. The largest absolute Gasteiger partial charge is 0.343 e. The number of hydrogen-bond donors (Lipinski definition) is 0. The second-order valence-corrected chi connectivity index (χ2v) is 6.01. The number of thiophene rings is 1. The Kier molecular flexibility index (Phi) is 3.21. The Morgan fingerprint density at radius 2 is 2.40 bits per heavy atom. The molecule has 2 rings (SSSR count). The minimum atomic E-state index is 0.435. The zero-order chi connectivity index (χ0) is 10.8. The van der Waals surface area contributed by atoms with Crippen molar-refractivity contribution in [2.45, 2.75) is 11.8 Å². The first kappa shape index (κ1) is 10.8. The molecule has 0 aromatic carbocycles. The lowest BCUT2D eigenvalue weighted by atomic mass is 10.4. The Morgan fingerprint density at radius 1 is 1.60 bits per heavy atom. The lowest BCUT2D eigenvalue weighted by molar-refractivity contribution is 0.843. The maximum Gasteiger partial charge on any atom is 0.225 e. The second-order valence-electron chi connectivity index (χ2n) is 3.50. The molecule has 0 saturated heterocycles. The maximum atomic E-state index is 4.49. The fourth-order valence-corrected chi connectivity index (χ4v) is 2.52. The van der Waals surface area contributed by atoms with Crippen molar-refractivity contribution in [3.8, 4) is 0 Å². The van der Waals surface area contributed by atoms with E-state index in [2.05, 4.69) is 37.7 Å². The predicted octanol–water partition coefficient (Wildman–Crippen LogP) is 2.91. The number of nitrogens with zero attached hydrogens (tertiary/aromatic N) is 3. The molecule has 0 N–H and O–H groups in total. The summed E-state index contributed by atoms with van der Waals surface area (Å²) in [7, 11) is 2.01. The van der Waals surface area contributed by atoms with Gasteiger partial charge in [-0.1, -0.05) is 22.9 Å². The van der Waals surface area contributed by atoms with Crippen LogP contribution in [0.2, 0.25) is 0 Å². The number of aromatic nitrogens is 2. The van der Waals surface area contributed by atoms with Crippen LogP contribution < -0.4 is 4.90 Å². The lowest BCUT2D eigenvalue weighted by Crippen LogP contribution is -2.25. The molecular weight excluding hydrogens is 274 g/mol. The van der Waals surface area contributed by atoms with Crippen LogP contribution in [0.1, 0.15) is 6.92 Å². The molecule has 0 bridgehead atoms. The van der Waals surface area contributed by atoms with Gasteiger partial charge in [-0.2, -0.15) is 0 Å². The summed E-state index contributed by atoms with van der Waals surface area (Å²) in [5.41, 5.74) is 1.03. The molecule has 5 heteroatoms. The number of fused-ring (bicyclic) bond motifs is 1. The maximum absolute atomic E-state index is 4.49. The highest BCUT2D eigenvalue weighted by molar-refractivity contribution is 9.09. The van der Waals surface area contributed by atoms with Gasteiger partial charge in [0.2, 0.25) is 5.95 Å². The topological polar surface area (TPSA) is 29.0 Å². The van der Waals surface area contributed by atoms with E-state index in [9.17, 15) is 0 Å². The summed E-state index contributed by atoms with van der Waals surface area (Å²) < 4.78 is 1.14. The quantitative estimate of drug-likeness (QED) is 0.812. The highest BCUT2D eigenvalue weighted by Gasteiger charge is 2.08. The fourth-order valence-electron chi connectivity index (χ4n) is 1.40. The van der Waals surface area contributed by atoms with E-state index in [1.165, 1.54) is 0 Å². The van der Waals surface area contributed by atoms with Gasteiger partial charge in [0, 0.05) is 18.4 Å². The van der Waals surface area contributed by atoms with Crippen molar-refractivity contribution in [2.75, 3.05) is 18.5 Å². The van der Waals surface area contributed by atoms with E-state index in [1.807, 2.05) is 24.7 Å². The summed E-state index contributed by atoms with van der Waals surface area (Å²) in [6.07, 6.45) is 1.89. The first-order chi connectivity index (χ1) is 7.16. The van der Waals surface area contributed by atoms with Crippen molar-refractivity contribution in [3.05, 3.63) is 17.6 Å². The van der Waals surface area contributed by atoms with E-state index < -0.39 is 0 Å². The summed E-state index contributed by atoms with van der Waals surface area (Å²) in [4.78, 5) is 11.3. The minimum Gasteiger partial charge on any atom is -0.343 e. The normalized spacial score (nSPS) is 13.0. The Bertz CT molecular complexity index is 455. The third-order valence-corrected chi connectivity index (χ3v) is 3.19. The third-order valence-electron chi connectivity index (χ3n) is 2.06. The molecule has 80 valence electrons. The monoisotopic (exact) mass is 285 g/mol. The smallest absolute Gasteiger partial charge is 0.225 e. The van der Waals surface area contributed by atoms with Gasteiger partial charge in [-0.05, 0) is 11.4 Å². The van der Waals surface area contributed by atoms with Crippen LogP contribution in [0, 0.1) is 0 Å². The molecule has 2 heterocycles. The van der Waals surface area contributed by atoms with Crippen molar-refractivity contribution in [2.24, 2.45) is 0 Å². The molecule has 3 nitrogen and oxygen atoms in total. The molecule has 2 aromatic rings. The van der Waals surface area contributed by atoms with E-state index in [0.717, 1.165) is 22.7 Å². The number of hydrogen-bond acceptors (Lipinski definition) is 4. The van der Waals surface area contributed by atoms with Crippen LogP contribution in [0.5, 0.6) is 0 Å². The van der Waals surface area contributed by atoms with Gasteiger partial charge in [0.1, 0.15) is 0 Å². The van der Waals surface area contributed by atoms with Gasteiger partial charge in [0.15, 0.2) is 0 Å². The highest BCUT2D eigenvalue weighted by atomic mass is 79.9. The Labute approximate surface area is 101 Å². The van der Waals surface area contributed by atoms with E-state index in [-0.39, 0.29) is 0 Å². The third kappa shape index (κ3) is 2.46. The standard InChI is InChI=1S/C10H12BrN3S/c1-7(11)6-14(2)10-12-5-9-8(13-10)3-4-15-9/h3-5,7H,6H2,1-2H3. The molecule has 15 heavy (non-hydrogen) atoms. The zero-order valence-corrected chi connectivity index (χ0v) is 11.0. The van der Waals surface area contributed by atoms with E-state index >= 15 is 0 Å². The van der Waals surface area contributed by atoms with Crippen LogP contribution in [0.4, 0.5) is 5.95 Å². The van der Waals surface area contributed by atoms with Crippen LogP contribution in [0.3, 0.4) is 0 Å². The Morgan fingerprint density at radius 3 is 3.13 bits per heavy atom. The van der Waals surface area contributed by atoms with Gasteiger partial charge < -0.3 is 4.90 Å². The van der Waals surface area contributed by atoms with Gasteiger partial charge in [-0.25, -0.2) is 9.97 Å². The molecule has 0 fully saturated rings. The van der Waals surface area contributed by atoms with Crippen LogP contribution in [-0.4, -0.2) is 28.4 Å². The molecule has 0 aliphatic rings. The van der Waals surface area contributed by atoms with E-state index in [4.69, 9.17) is 0 Å². The van der Waals surface area contributed by atoms with Crippen molar-refractivity contribution >= 4 is 43.4 Å². The van der Waals surface area contributed by atoms with Crippen LogP contribution in [0.25, 0.3) is 10.2 Å². The molecular formula is C10H12BrN3S. The molecule has 0 aliphatic heterocycles. The summed E-state index contributed by atoms with van der Waals surface area (Å²) in [5, 5.41) is 2.04. The first-order valence-electron chi connectivity index (χ1n) is 4.72. The van der Waals surface area contributed by atoms with Gasteiger partial charge in [0.05, 0.1) is 16.4 Å². The molecule has 1 atom stereocenters. The molecule has 0 amide bonds. The van der Waals surface area contributed by atoms with Crippen molar-refractivity contribution in [3.63, 3.8) is 0 Å². The second kappa shape index (κ2) is 4.45. The fraction of sp³-hybridized carbons (Fsp3) is 0.400. The number of anilines is 1. The minimum absolute atomic E-state index is 0.435. The van der Waals surface area contributed by atoms with Crippen molar-refractivity contribution in [1.82, 2.24) is 9.97 Å². The average Bonchev–Trinajstić information content (AvgIpc) is 2.62. The summed E-state index contributed by atoms with van der Waals surface area (Å²) in [6, 6.07) is 2.02. The summed E-state index contributed by atoms with van der Waals surface area (Å²) in [6.45, 7) is 3.01. The van der Waals surface area contributed by atoms with Crippen LogP contribution >= 0.6 is 27.3 Å². The Hall–Kier alpha value is -0.680. The van der Waals surface area contributed by atoms with Gasteiger partial charge in [-0.3, -0.25) is 0 Å². The summed E-state index contributed by atoms with van der Waals surface area (Å²) in [5.74, 6) is 0.784. The zero-order valence-electron chi connectivity index (χ0n) is 8.64. The van der Waals surface area contributed by atoms with Crippen LogP contribution in [-0.2, 0) is 0 Å². The van der Waals surface area contributed by atoms with Gasteiger partial charge >= 0.3 is 0 Å². The highest BCUT2D eigenvalue weighted by Crippen LogP contribution is 2.20. The number of halogens is 1. The van der Waals surface area contributed by atoms with Crippen molar-refractivity contribution in [1.29, 1.82) is 0 Å². The van der Waals surface area contributed by atoms with Crippen molar-refractivity contribution < 1.29 is 0 Å². The average molecular weight is 286 g/mol. The van der Waals surface area contributed by atoms with Gasteiger partial charge in [-0.15, -0.1) is 11.3 Å². The molecule has 0 saturated carbocycles. The van der Waals surface area contributed by atoms with Crippen LogP contribution in [0.15, 0.2) is 17.6 Å². The summed E-state index contributed by atoms with van der Waals surface area (Å²) >= 11 is 5.19. The molecule has 2 aromatic heterocycles. The van der Waals surface area contributed by atoms with E-state index in [1.54, 1.807) is 11.3 Å². The number of alkyl halides is 1. The SMILES string of the molecule is CC(Br)CN(C)c1ncc2sccc2n1. The molecule has 0 spiro atoms. The van der Waals surface area contributed by atoms with E-state index in [0.29, 0.717) is 4.83 Å². The molecule has 1 unspecified atom stereocenters.